The van der Waals surface area contributed by atoms with E-state index < -0.39 is 0 Å². The van der Waals surface area contributed by atoms with E-state index in [-0.39, 0.29) is 0 Å². The molecule has 1 N–H and O–H groups in total. The molecule has 0 saturated carbocycles. The van der Waals surface area contributed by atoms with Gasteiger partial charge in [0.15, 0.2) is 0 Å². The predicted octanol–water partition coefficient (Wildman–Crippen LogP) is 3.56. The van der Waals surface area contributed by atoms with E-state index in [0.29, 0.717) is 6.42 Å². The predicted molar refractivity (Wildman–Crippen MR) is 93.6 cm³/mol. The van der Waals surface area contributed by atoms with Crippen molar-refractivity contribution in [3.63, 3.8) is 0 Å². The summed E-state index contributed by atoms with van der Waals surface area (Å²) in [6, 6.07) is 13.9. The van der Waals surface area contributed by atoms with Gasteiger partial charge in [0.2, 0.25) is 0 Å². The Kier molecular flexibility index (Phi) is 4.06. The summed E-state index contributed by atoms with van der Waals surface area (Å²) in [5, 5.41) is 8.70. The number of methoxy groups -OCH3 is 1. The third kappa shape index (κ3) is 2.80. The van der Waals surface area contributed by atoms with Crippen LogP contribution in [0.4, 0.5) is 5.69 Å². The van der Waals surface area contributed by atoms with Crippen molar-refractivity contribution in [2.45, 2.75) is 6.42 Å². The largest absolute Gasteiger partial charge is 0.495 e. The fourth-order valence-electron chi connectivity index (χ4n) is 2.51. The molecule has 22 heavy (non-hydrogen) atoms. The number of ether oxygens (including phenoxy) is 1. The molecule has 1 heterocycles. The van der Waals surface area contributed by atoms with Crippen molar-refractivity contribution in [3.8, 4) is 5.75 Å². The van der Waals surface area contributed by atoms with Gasteiger partial charge in [0.05, 0.1) is 29.5 Å². The van der Waals surface area contributed by atoms with Crippen LogP contribution in [0.15, 0.2) is 48.7 Å². The molecule has 0 fully saturated rings. The van der Waals surface area contributed by atoms with Crippen molar-refractivity contribution < 1.29 is 4.74 Å². The van der Waals surface area contributed by atoms with Crippen LogP contribution >= 0.6 is 12.2 Å². The first-order valence-electron chi connectivity index (χ1n) is 7.01. The third-order valence-electron chi connectivity index (χ3n) is 3.61. The topological polar surface area (TPSA) is 39.1 Å². The summed E-state index contributed by atoms with van der Waals surface area (Å²) in [7, 11) is 3.59. The van der Waals surface area contributed by atoms with Gasteiger partial charge in [-0.05, 0) is 23.8 Å². The number of nitrogens with one attached hydrogen (secondary N) is 1. The van der Waals surface area contributed by atoms with Gasteiger partial charge in [-0.3, -0.25) is 4.68 Å². The Balaban J connectivity index is 1.81. The molecule has 0 aliphatic rings. The van der Waals surface area contributed by atoms with Crippen molar-refractivity contribution in [1.82, 2.24) is 9.78 Å². The molecule has 0 unspecified atom stereocenters. The lowest BCUT2D eigenvalue weighted by Crippen LogP contribution is -2.13. The summed E-state index contributed by atoms with van der Waals surface area (Å²) < 4.78 is 7.21. The van der Waals surface area contributed by atoms with Crippen LogP contribution < -0.4 is 10.1 Å². The minimum atomic E-state index is 0.663. The fourth-order valence-corrected chi connectivity index (χ4v) is 2.77. The molecule has 3 rings (SSSR count). The number of para-hydroxylation sites is 2. The molecular formula is C17H17N3OS. The first-order valence-corrected chi connectivity index (χ1v) is 7.42. The maximum atomic E-state index is 5.50. The molecule has 112 valence electrons. The minimum Gasteiger partial charge on any atom is -0.495 e. The van der Waals surface area contributed by atoms with E-state index in [1.165, 1.54) is 0 Å². The molecule has 3 aromatic rings. The molecule has 4 nitrogen and oxygen atoms in total. The van der Waals surface area contributed by atoms with Gasteiger partial charge < -0.3 is 10.1 Å². The zero-order valence-corrected chi connectivity index (χ0v) is 13.4. The highest BCUT2D eigenvalue weighted by Crippen LogP contribution is 2.24. The van der Waals surface area contributed by atoms with Gasteiger partial charge in [-0.2, -0.15) is 5.10 Å². The number of hydrogen-bond donors (Lipinski definition) is 1. The summed E-state index contributed by atoms with van der Waals surface area (Å²) in [5.41, 5.74) is 3.16. The van der Waals surface area contributed by atoms with Crippen molar-refractivity contribution >= 4 is 33.8 Å². The average Bonchev–Trinajstić information content (AvgIpc) is 2.90. The normalized spacial score (nSPS) is 10.6. The molecule has 0 aliphatic carbocycles. The Morgan fingerprint density at radius 3 is 2.86 bits per heavy atom. The van der Waals surface area contributed by atoms with Gasteiger partial charge in [0.1, 0.15) is 5.75 Å². The van der Waals surface area contributed by atoms with E-state index in [0.717, 1.165) is 32.9 Å². The summed E-state index contributed by atoms with van der Waals surface area (Å²) >= 11 is 5.50. The van der Waals surface area contributed by atoms with Crippen LogP contribution in [0.1, 0.15) is 5.56 Å². The van der Waals surface area contributed by atoms with Crippen molar-refractivity contribution in [2.24, 2.45) is 7.05 Å². The van der Waals surface area contributed by atoms with Gasteiger partial charge in [-0.15, -0.1) is 0 Å². The minimum absolute atomic E-state index is 0.663. The number of nitrogens with zero attached hydrogens (tertiary/aromatic N) is 2. The average molecular weight is 311 g/mol. The van der Waals surface area contributed by atoms with Crippen LogP contribution in [0.3, 0.4) is 0 Å². The van der Waals surface area contributed by atoms with E-state index >= 15 is 0 Å². The second kappa shape index (κ2) is 6.15. The summed E-state index contributed by atoms with van der Waals surface area (Å²) in [6.07, 6.45) is 2.55. The van der Waals surface area contributed by atoms with Crippen molar-refractivity contribution in [1.29, 1.82) is 0 Å². The van der Waals surface area contributed by atoms with E-state index in [1.807, 2.05) is 48.3 Å². The number of aryl methyl sites for hydroxylation is 1. The quantitative estimate of drug-likeness (QED) is 0.748. The number of anilines is 1. The number of aromatic nitrogens is 2. The highest BCUT2D eigenvalue weighted by Gasteiger charge is 2.09. The number of benzene rings is 2. The molecule has 0 spiro atoms. The van der Waals surface area contributed by atoms with Gasteiger partial charge in [0.25, 0.3) is 0 Å². The van der Waals surface area contributed by atoms with Crippen molar-refractivity contribution in [3.05, 3.63) is 54.2 Å². The Morgan fingerprint density at radius 1 is 1.23 bits per heavy atom. The van der Waals surface area contributed by atoms with Gasteiger partial charge >= 0.3 is 0 Å². The van der Waals surface area contributed by atoms with Crippen LogP contribution in [0, 0.1) is 0 Å². The molecule has 0 amide bonds. The highest BCUT2D eigenvalue weighted by atomic mass is 32.1. The number of thiocarbonyl (C=S) groups is 1. The Bertz CT molecular complexity index is 826. The van der Waals surface area contributed by atoms with Crippen LogP contribution in [-0.2, 0) is 13.5 Å². The fraction of sp³-hybridized carbons (Fsp3) is 0.176. The second-order valence-corrected chi connectivity index (χ2v) is 5.54. The third-order valence-corrected chi connectivity index (χ3v) is 3.86. The van der Waals surface area contributed by atoms with Gasteiger partial charge in [-0.1, -0.05) is 36.5 Å². The lowest BCUT2D eigenvalue weighted by atomic mass is 10.1. The van der Waals surface area contributed by atoms with Crippen LogP contribution in [0.25, 0.3) is 10.9 Å². The number of hydrogen-bond acceptors (Lipinski definition) is 3. The SMILES string of the molecule is COc1ccccc1NC(=S)Cc1cccc2c1cnn2C. The molecule has 2 aromatic carbocycles. The summed E-state index contributed by atoms with van der Waals surface area (Å²) in [4.78, 5) is 0.751. The summed E-state index contributed by atoms with van der Waals surface area (Å²) in [6.45, 7) is 0. The number of fused-ring (bicyclic) bond motifs is 1. The van der Waals surface area contributed by atoms with Gasteiger partial charge in [0, 0.05) is 18.9 Å². The Morgan fingerprint density at radius 2 is 2.05 bits per heavy atom. The summed E-state index contributed by atoms with van der Waals surface area (Å²) in [5.74, 6) is 0.782. The van der Waals surface area contributed by atoms with Crippen molar-refractivity contribution in [2.75, 3.05) is 12.4 Å². The van der Waals surface area contributed by atoms with E-state index in [1.54, 1.807) is 7.11 Å². The first-order chi connectivity index (χ1) is 10.7. The maximum absolute atomic E-state index is 5.50. The number of rotatable bonds is 4. The monoisotopic (exact) mass is 311 g/mol. The Labute approximate surface area is 134 Å². The molecule has 0 atom stereocenters. The highest BCUT2D eigenvalue weighted by molar-refractivity contribution is 7.80. The zero-order chi connectivity index (χ0) is 15.5. The first kappa shape index (κ1) is 14.5. The standard InChI is InChI=1S/C17H17N3OS/c1-20-15-8-5-6-12(13(15)11-18-20)10-17(22)19-14-7-3-4-9-16(14)21-2/h3-9,11H,10H2,1-2H3,(H,19,22). The zero-order valence-electron chi connectivity index (χ0n) is 12.5. The van der Waals surface area contributed by atoms with Crippen LogP contribution in [0.5, 0.6) is 5.75 Å². The second-order valence-electron chi connectivity index (χ2n) is 5.04. The lowest BCUT2D eigenvalue weighted by Gasteiger charge is -2.12. The smallest absolute Gasteiger partial charge is 0.142 e. The molecule has 1 aromatic heterocycles. The lowest BCUT2D eigenvalue weighted by molar-refractivity contribution is 0.417. The van der Waals surface area contributed by atoms with E-state index in [4.69, 9.17) is 17.0 Å². The molecule has 0 bridgehead atoms. The Hall–Kier alpha value is -2.40. The molecule has 5 heteroatoms. The van der Waals surface area contributed by atoms with E-state index in [9.17, 15) is 0 Å². The molecule has 0 radical (unpaired) electrons. The molecular weight excluding hydrogens is 294 g/mol. The molecule has 0 saturated heterocycles. The van der Waals surface area contributed by atoms with E-state index in [2.05, 4.69) is 22.5 Å². The molecule has 0 aliphatic heterocycles. The van der Waals surface area contributed by atoms with Crippen LogP contribution in [0.2, 0.25) is 0 Å². The van der Waals surface area contributed by atoms with Gasteiger partial charge in [-0.25, -0.2) is 0 Å². The maximum Gasteiger partial charge on any atom is 0.142 e. The van der Waals surface area contributed by atoms with Crippen LogP contribution in [-0.4, -0.2) is 21.9 Å².